The van der Waals surface area contributed by atoms with Crippen molar-refractivity contribution < 1.29 is 19.1 Å². The van der Waals surface area contributed by atoms with Crippen LogP contribution in [0.2, 0.25) is 5.02 Å². The van der Waals surface area contributed by atoms with Gasteiger partial charge in [0.2, 0.25) is 17.7 Å². The van der Waals surface area contributed by atoms with Crippen LogP contribution in [0.1, 0.15) is 58.8 Å². The van der Waals surface area contributed by atoms with Gasteiger partial charge in [-0.25, -0.2) is 4.98 Å². The number of nitrogens with zero attached hydrogens (tertiary/aromatic N) is 1. The van der Waals surface area contributed by atoms with Crippen molar-refractivity contribution in [1.29, 1.82) is 0 Å². The summed E-state index contributed by atoms with van der Waals surface area (Å²) in [5, 5.41) is 6.10. The van der Waals surface area contributed by atoms with Gasteiger partial charge in [0.25, 0.3) is 0 Å². The van der Waals surface area contributed by atoms with Crippen molar-refractivity contribution in [3.63, 3.8) is 0 Å². The highest BCUT2D eigenvalue weighted by atomic mass is 35.5. The molecular weight excluding hydrogens is 406 g/mol. The number of carbonyl (C=O) groups is 2. The molecule has 30 heavy (non-hydrogen) atoms. The minimum atomic E-state index is -0.0486. The zero-order valence-corrected chi connectivity index (χ0v) is 18.5. The number of carbonyl (C=O) groups excluding carboxylic acids is 2. The van der Waals surface area contributed by atoms with Crippen LogP contribution < -0.4 is 15.4 Å². The molecule has 2 N–H and O–H groups in total. The smallest absolute Gasteiger partial charge is 0.234 e. The molecule has 2 fully saturated rings. The zero-order chi connectivity index (χ0) is 21.5. The Bertz CT molecular complexity index is 733. The summed E-state index contributed by atoms with van der Waals surface area (Å²) in [6, 6.07) is 1.71. The average molecular weight is 438 g/mol. The molecule has 0 spiro atoms. The lowest BCUT2D eigenvalue weighted by Crippen LogP contribution is -2.40. The summed E-state index contributed by atoms with van der Waals surface area (Å²) in [5.41, 5.74) is 0.555. The molecule has 0 aliphatic heterocycles. The monoisotopic (exact) mass is 437 g/mol. The molecule has 2 saturated carbocycles. The van der Waals surface area contributed by atoms with Gasteiger partial charge >= 0.3 is 0 Å². The normalized spacial score (nSPS) is 22.6. The number of hydrogen-bond donors (Lipinski definition) is 2. The number of hydrogen-bond acceptors (Lipinski definition) is 5. The van der Waals surface area contributed by atoms with Crippen molar-refractivity contribution >= 4 is 29.1 Å². The molecule has 1 atom stereocenters. The minimum Gasteiger partial charge on any atom is -0.476 e. The summed E-state index contributed by atoms with van der Waals surface area (Å²) in [4.78, 5) is 27.7. The highest BCUT2D eigenvalue weighted by Crippen LogP contribution is 2.34. The second-order valence-corrected chi connectivity index (χ2v) is 8.89. The Balaban J connectivity index is 1.41. The number of pyridine rings is 1. The molecule has 1 heterocycles. The lowest BCUT2D eigenvalue weighted by molar-refractivity contribution is -0.121. The zero-order valence-electron chi connectivity index (χ0n) is 17.8. The van der Waals surface area contributed by atoms with Gasteiger partial charge in [0.1, 0.15) is 5.02 Å². The summed E-state index contributed by atoms with van der Waals surface area (Å²) in [7, 11) is 0. The van der Waals surface area contributed by atoms with Gasteiger partial charge in [0.15, 0.2) is 0 Å². The Morgan fingerprint density at radius 1 is 1.27 bits per heavy atom. The first-order valence-electron chi connectivity index (χ1n) is 10.9. The molecule has 166 valence electrons. The van der Waals surface area contributed by atoms with Crippen molar-refractivity contribution in [2.75, 3.05) is 18.5 Å². The van der Waals surface area contributed by atoms with E-state index in [2.05, 4.69) is 15.6 Å². The van der Waals surface area contributed by atoms with Gasteiger partial charge in [-0.2, -0.15) is 0 Å². The largest absolute Gasteiger partial charge is 0.476 e. The average Bonchev–Trinajstić information content (AvgIpc) is 2.69. The summed E-state index contributed by atoms with van der Waals surface area (Å²) in [5.74, 6) is 0.771. The van der Waals surface area contributed by atoms with E-state index in [0.29, 0.717) is 35.7 Å². The Morgan fingerprint density at radius 3 is 2.70 bits per heavy atom. The van der Waals surface area contributed by atoms with Gasteiger partial charge in [-0.15, -0.1) is 0 Å². The molecule has 2 aliphatic carbocycles. The first-order valence-corrected chi connectivity index (χ1v) is 11.3. The van der Waals surface area contributed by atoms with Gasteiger partial charge < -0.3 is 20.1 Å². The van der Waals surface area contributed by atoms with E-state index < -0.39 is 0 Å². The van der Waals surface area contributed by atoms with Gasteiger partial charge in [-0.1, -0.05) is 30.9 Å². The van der Waals surface area contributed by atoms with Crippen LogP contribution in [-0.4, -0.2) is 42.2 Å². The van der Waals surface area contributed by atoms with Crippen LogP contribution in [0.4, 0.5) is 5.69 Å². The van der Waals surface area contributed by atoms with E-state index in [4.69, 9.17) is 21.1 Å². The van der Waals surface area contributed by atoms with Crippen molar-refractivity contribution in [2.45, 2.75) is 70.9 Å². The van der Waals surface area contributed by atoms with E-state index in [1.807, 2.05) is 6.92 Å². The fourth-order valence-corrected chi connectivity index (χ4v) is 4.25. The van der Waals surface area contributed by atoms with Crippen LogP contribution in [-0.2, 0) is 14.3 Å². The summed E-state index contributed by atoms with van der Waals surface area (Å²) in [6.45, 7) is 4.44. The third kappa shape index (κ3) is 6.57. The number of ether oxygens (including phenoxy) is 2. The molecule has 0 radical (unpaired) electrons. The van der Waals surface area contributed by atoms with Crippen LogP contribution in [0, 0.1) is 11.8 Å². The van der Waals surface area contributed by atoms with Crippen molar-refractivity contribution in [1.82, 2.24) is 10.3 Å². The molecule has 2 amide bonds. The molecule has 1 aromatic rings. The van der Waals surface area contributed by atoms with E-state index in [1.54, 1.807) is 12.3 Å². The van der Waals surface area contributed by atoms with E-state index >= 15 is 0 Å². The number of amides is 2. The summed E-state index contributed by atoms with van der Waals surface area (Å²) in [6.07, 6.45) is 8.90. The lowest BCUT2D eigenvalue weighted by atomic mass is 9.83. The maximum absolute atomic E-state index is 12.5. The standard InChI is InChI=1S/C22H32ClN3O4/c1-14(25-15(2)27)12-29-18-10-16(11-18)13-30-22-20(23)19(8-9-24-22)26-21(28)17-6-4-3-5-7-17/h8-9,14,16-18H,3-7,10-13H2,1-2H3,(H,25,27)(H,24,26,28)/t14-,16?,18?/m0/s1. The third-order valence-corrected chi connectivity index (χ3v) is 6.14. The molecule has 1 aromatic heterocycles. The van der Waals surface area contributed by atoms with Crippen LogP contribution in [0.5, 0.6) is 5.88 Å². The van der Waals surface area contributed by atoms with Crippen LogP contribution in [0.3, 0.4) is 0 Å². The predicted octanol–water partition coefficient (Wildman–Crippen LogP) is 3.95. The van der Waals surface area contributed by atoms with E-state index in [1.165, 1.54) is 13.3 Å². The molecule has 2 aliphatic rings. The van der Waals surface area contributed by atoms with E-state index in [9.17, 15) is 9.59 Å². The molecule has 3 rings (SSSR count). The molecule has 0 saturated heterocycles. The highest BCUT2D eigenvalue weighted by Gasteiger charge is 2.31. The molecule has 0 bridgehead atoms. The first-order chi connectivity index (χ1) is 14.4. The fourth-order valence-electron chi connectivity index (χ4n) is 4.03. The van der Waals surface area contributed by atoms with Gasteiger partial charge in [-0.3, -0.25) is 9.59 Å². The van der Waals surface area contributed by atoms with Gasteiger partial charge in [0.05, 0.1) is 25.0 Å². The first kappa shape index (κ1) is 22.8. The fraction of sp³-hybridized carbons (Fsp3) is 0.682. The Labute approximate surface area is 183 Å². The van der Waals surface area contributed by atoms with Gasteiger partial charge in [-0.05, 0) is 44.6 Å². The minimum absolute atomic E-state index is 0.00682. The Morgan fingerprint density at radius 2 is 2.00 bits per heavy atom. The number of halogens is 1. The number of anilines is 1. The quantitative estimate of drug-likeness (QED) is 0.610. The molecular formula is C22H32ClN3O4. The van der Waals surface area contributed by atoms with Crippen molar-refractivity contribution in [3.8, 4) is 5.88 Å². The highest BCUT2D eigenvalue weighted by molar-refractivity contribution is 6.35. The third-order valence-electron chi connectivity index (χ3n) is 5.77. The number of aromatic nitrogens is 1. The Kier molecular flexibility index (Phi) is 8.33. The van der Waals surface area contributed by atoms with Gasteiger partial charge in [0, 0.05) is 25.1 Å². The van der Waals surface area contributed by atoms with Crippen LogP contribution >= 0.6 is 11.6 Å². The Hall–Kier alpha value is -1.86. The lowest BCUT2D eigenvalue weighted by Gasteiger charge is -2.35. The predicted molar refractivity (Wildman–Crippen MR) is 116 cm³/mol. The second kappa shape index (κ2) is 11.0. The topological polar surface area (TPSA) is 89.6 Å². The van der Waals surface area contributed by atoms with Crippen molar-refractivity contribution in [3.05, 3.63) is 17.3 Å². The number of nitrogens with one attached hydrogen (secondary N) is 2. The molecule has 8 heteroatoms. The second-order valence-electron chi connectivity index (χ2n) is 8.51. The van der Waals surface area contributed by atoms with Crippen LogP contribution in [0.15, 0.2) is 12.3 Å². The summed E-state index contributed by atoms with van der Waals surface area (Å²) < 4.78 is 11.6. The molecule has 7 nitrogen and oxygen atoms in total. The summed E-state index contributed by atoms with van der Waals surface area (Å²) >= 11 is 6.43. The maximum atomic E-state index is 12.5. The SMILES string of the molecule is CC(=O)N[C@@H](C)COC1CC(COc2nccc(NC(=O)C3CCCCC3)c2Cl)C1. The van der Waals surface area contributed by atoms with Crippen molar-refractivity contribution in [2.24, 2.45) is 11.8 Å². The van der Waals surface area contributed by atoms with E-state index in [0.717, 1.165) is 38.5 Å². The van der Waals surface area contributed by atoms with Crippen LogP contribution in [0.25, 0.3) is 0 Å². The van der Waals surface area contributed by atoms with E-state index in [-0.39, 0.29) is 29.9 Å². The number of rotatable bonds is 9. The molecule has 0 aromatic carbocycles. The maximum Gasteiger partial charge on any atom is 0.234 e. The molecule has 0 unspecified atom stereocenters.